The fourth-order valence-corrected chi connectivity index (χ4v) is 2.53. The predicted molar refractivity (Wildman–Crippen MR) is 70.1 cm³/mol. The van der Waals surface area contributed by atoms with Crippen LogP contribution >= 0.6 is 11.6 Å². The van der Waals surface area contributed by atoms with Crippen LogP contribution in [0.1, 0.15) is 25.8 Å². The van der Waals surface area contributed by atoms with Crippen LogP contribution < -0.4 is 0 Å². The van der Waals surface area contributed by atoms with Gasteiger partial charge in [-0.1, -0.05) is 36.7 Å². The Hall–Kier alpha value is -0.860. The van der Waals surface area contributed by atoms with Crippen molar-refractivity contribution in [1.82, 2.24) is 4.90 Å². The Balaban J connectivity index is 2.09. The number of rotatable bonds is 2. The van der Waals surface area contributed by atoms with Gasteiger partial charge >= 0.3 is 0 Å². The molecule has 2 atom stereocenters. The minimum atomic E-state index is 0.131. The van der Waals surface area contributed by atoms with Crippen LogP contribution in [0.2, 0.25) is 5.02 Å². The molecular formula is C14H18ClNO. The van der Waals surface area contributed by atoms with Crippen LogP contribution in [-0.4, -0.2) is 23.3 Å². The molecule has 0 aromatic heterocycles. The van der Waals surface area contributed by atoms with Gasteiger partial charge in [0.1, 0.15) is 5.78 Å². The summed E-state index contributed by atoms with van der Waals surface area (Å²) in [4.78, 5) is 14.0. The fraction of sp³-hybridized carbons (Fsp3) is 0.500. The molecule has 1 aliphatic heterocycles. The summed E-state index contributed by atoms with van der Waals surface area (Å²) in [6.45, 7) is 5.82. The number of carbonyl (C=O) groups excluding carboxylic acids is 1. The molecule has 1 aromatic rings. The van der Waals surface area contributed by atoms with Gasteiger partial charge in [-0.15, -0.1) is 0 Å². The second kappa shape index (κ2) is 5.19. The lowest BCUT2D eigenvalue weighted by atomic mass is 9.90. The van der Waals surface area contributed by atoms with E-state index in [9.17, 15) is 4.79 Å². The van der Waals surface area contributed by atoms with Crippen molar-refractivity contribution in [3.05, 3.63) is 34.9 Å². The number of hydrogen-bond acceptors (Lipinski definition) is 2. The molecule has 2 nitrogen and oxygen atoms in total. The van der Waals surface area contributed by atoms with E-state index in [-0.39, 0.29) is 5.92 Å². The van der Waals surface area contributed by atoms with Crippen molar-refractivity contribution in [2.75, 3.05) is 6.54 Å². The molecule has 0 amide bonds. The lowest BCUT2D eigenvalue weighted by Crippen LogP contribution is -2.46. The molecule has 0 aliphatic carbocycles. The monoisotopic (exact) mass is 251 g/mol. The van der Waals surface area contributed by atoms with Gasteiger partial charge in [-0.05, 0) is 18.6 Å². The van der Waals surface area contributed by atoms with Crippen molar-refractivity contribution in [3.8, 4) is 0 Å². The van der Waals surface area contributed by atoms with Crippen LogP contribution in [0.5, 0.6) is 0 Å². The minimum absolute atomic E-state index is 0.131. The first-order valence-electron chi connectivity index (χ1n) is 6.09. The van der Waals surface area contributed by atoms with Gasteiger partial charge in [-0.3, -0.25) is 9.69 Å². The second-order valence-electron chi connectivity index (χ2n) is 4.81. The van der Waals surface area contributed by atoms with E-state index < -0.39 is 0 Å². The highest BCUT2D eigenvalue weighted by Crippen LogP contribution is 2.24. The van der Waals surface area contributed by atoms with Gasteiger partial charge in [0.2, 0.25) is 0 Å². The number of piperidine rings is 1. The van der Waals surface area contributed by atoms with Crippen LogP contribution in [0.25, 0.3) is 0 Å². The van der Waals surface area contributed by atoms with Gasteiger partial charge in [0.15, 0.2) is 0 Å². The third kappa shape index (κ3) is 2.70. The number of nitrogens with zero attached hydrogens (tertiary/aromatic N) is 1. The van der Waals surface area contributed by atoms with E-state index in [4.69, 9.17) is 11.6 Å². The first-order valence-corrected chi connectivity index (χ1v) is 6.47. The lowest BCUT2D eigenvalue weighted by molar-refractivity contribution is -0.128. The molecule has 2 rings (SSSR count). The van der Waals surface area contributed by atoms with Gasteiger partial charge in [-0.2, -0.15) is 0 Å². The van der Waals surface area contributed by atoms with Crippen molar-refractivity contribution in [1.29, 1.82) is 0 Å². The molecule has 1 fully saturated rings. The average molecular weight is 252 g/mol. The van der Waals surface area contributed by atoms with Crippen LogP contribution in [-0.2, 0) is 11.3 Å². The molecule has 0 spiro atoms. The lowest BCUT2D eigenvalue weighted by Gasteiger charge is -2.37. The summed E-state index contributed by atoms with van der Waals surface area (Å²) in [7, 11) is 0. The molecule has 0 bridgehead atoms. The van der Waals surface area contributed by atoms with E-state index in [1.54, 1.807) is 0 Å². The van der Waals surface area contributed by atoms with Gasteiger partial charge in [-0.25, -0.2) is 0 Å². The SMILES string of the molecule is CC1C(=O)CCN(Cc2ccccc2Cl)C1C. The van der Waals surface area contributed by atoms with Crippen molar-refractivity contribution >= 4 is 17.4 Å². The van der Waals surface area contributed by atoms with Gasteiger partial charge in [0.05, 0.1) is 0 Å². The predicted octanol–water partition coefficient (Wildman–Crippen LogP) is 3.14. The molecule has 0 saturated carbocycles. The maximum absolute atomic E-state index is 11.6. The highest BCUT2D eigenvalue weighted by molar-refractivity contribution is 6.31. The standard InChI is InChI=1S/C14H18ClNO/c1-10-11(2)16(8-7-14(10)17)9-12-5-3-4-6-13(12)15/h3-6,10-11H,7-9H2,1-2H3. The Morgan fingerprint density at radius 1 is 1.35 bits per heavy atom. The quantitative estimate of drug-likeness (QED) is 0.805. The number of ketones is 1. The summed E-state index contributed by atoms with van der Waals surface area (Å²) in [6, 6.07) is 8.21. The second-order valence-corrected chi connectivity index (χ2v) is 5.21. The van der Waals surface area contributed by atoms with Crippen LogP contribution in [0.15, 0.2) is 24.3 Å². The molecule has 1 aromatic carbocycles. The number of halogens is 1. The Morgan fingerprint density at radius 3 is 2.76 bits per heavy atom. The molecule has 2 unspecified atom stereocenters. The summed E-state index contributed by atoms with van der Waals surface area (Å²) in [6.07, 6.45) is 0.663. The first kappa shape index (κ1) is 12.6. The Kier molecular flexibility index (Phi) is 3.85. The average Bonchev–Trinajstić information content (AvgIpc) is 2.32. The summed E-state index contributed by atoms with van der Waals surface area (Å²) in [5, 5.41) is 0.809. The van der Waals surface area contributed by atoms with Crippen LogP contribution in [0, 0.1) is 5.92 Å². The van der Waals surface area contributed by atoms with Crippen LogP contribution in [0.4, 0.5) is 0 Å². The molecule has 0 radical (unpaired) electrons. The first-order chi connectivity index (χ1) is 8.09. The zero-order valence-corrected chi connectivity index (χ0v) is 11.1. The van der Waals surface area contributed by atoms with E-state index in [0.717, 1.165) is 23.7 Å². The van der Waals surface area contributed by atoms with E-state index in [0.29, 0.717) is 18.2 Å². The number of carbonyl (C=O) groups is 1. The smallest absolute Gasteiger partial charge is 0.138 e. The van der Waals surface area contributed by atoms with Crippen molar-refractivity contribution < 1.29 is 4.79 Å². The number of Topliss-reactive ketones (excluding diaryl/α,β-unsaturated/α-hetero) is 1. The van der Waals surface area contributed by atoms with E-state index >= 15 is 0 Å². The van der Waals surface area contributed by atoms with E-state index in [1.807, 2.05) is 25.1 Å². The van der Waals surface area contributed by atoms with Crippen molar-refractivity contribution in [3.63, 3.8) is 0 Å². The maximum Gasteiger partial charge on any atom is 0.138 e. The Morgan fingerprint density at radius 2 is 2.06 bits per heavy atom. The number of hydrogen-bond donors (Lipinski definition) is 0. The van der Waals surface area contributed by atoms with E-state index in [2.05, 4.69) is 17.9 Å². The topological polar surface area (TPSA) is 20.3 Å². The number of benzene rings is 1. The molecule has 17 heavy (non-hydrogen) atoms. The zero-order chi connectivity index (χ0) is 12.4. The molecular weight excluding hydrogens is 234 g/mol. The molecule has 1 saturated heterocycles. The molecule has 1 aliphatic rings. The molecule has 92 valence electrons. The Labute approximate surface area is 108 Å². The zero-order valence-electron chi connectivity index (χ0n) is 10.3. The fourth-order valence-electron chi connectivity index (χ4n) is 2.34. The minimum Gasteiger partial charge on any atom is -0.299 e. The Bertz CT molecular complexity index is 418. The van der Waals surface area contributed by atoms with Gasteiger partial charge in [0, 0.05) is 36.5 Å². The van der Waals surface area contributed by atoms with Gasteiger partial charge in [0.25, 0.3) is 0 Å². The summed E-state index contributed by atoms with van der Waals surface area (Å²) < 4.78 is 0. The van der Waals surface area contributed by atoms with Gasteiger partial charge < -0.3 is 0 Å². The molecule has 1 heterocycles. The highest BCUT2D eigenvalue weighted by Gasteiger charge is 2.30. The molecule has 3 heteroatoms. The largest absolute Gasteiger partial charge is 0.299 e. The third-order valence-corrected chi connectivity index (χ3v) is 4.15. The number of likely N-dealkylation sites (tertiary alicyclic amines) is 1. The maximum atomic E-state index is 11.6. The summed E-state index contributed by atoms with van der Waals surface area (Å²) >= 11 is 6.16. The highest BCUT2D eigenvalue weighted by atomic mass is 35.5. The van der Waals surface area contributed by atoms with Crippen LogP contribution in [0.3, 0.4) is 0 Å². The molecule has 0 N–H and O–H groups in total. The summed E-state index contributed by atoms with van der Waals surface area (Å²) in [5.74, 6) is 0.513. The normalized spacial score (nSPS) is 26.2. The summed E-state index contributed by atoms with van der Waals surface area (Å²) in [5.41, 5.74) is 1.14. The van der Waals surface area contributed by atoms with E-state index in [1.165, 1.54) is 0 Å². The van der Waals surface area contributed by atoms with Crippen molar-refractivity contribution in [2.45, 2.75) is 32.9 Å². The third-order valence-electron chi connectivity index (χ3n) is 3.78. The van der Waals surface area contributed by atoms with Crippen molar-refractivity contribution in [2.24, 2.45) is 5.92 Å².